The molecule has 20 heavy (non-hydrogen) atoms. The summed E-state index contributed by atoms with van der Waals surface area (Å²) in [5, 5.41) is 4.56. The van der Waals surface area contributed by atoms with Crippen molar-refractivity contribution in [2.75, 3.05) is 13.6 Å². The highest BCUT2D eigenvalue weighted by molar-refractivity contribution is 5.27. The topological polar surface area (TPSA) is 47.1 Å². The highest BCUT2D eigenvalue weighted by Gasteiger charge is 2.31. The first-order valence-corrected chi connectivity index (χ1v) is 7.89. The molecule has 1 aromatic rings. The lowest BCUT2D eigenvalue weighted by Gasteiger charge is -2.40. The van der Waals surface area contributed by atoms with Gasteiger partial charge in [0.2, 0.25) is 0 Å². The van der Waals surface area contributed by atoms with Gasteiger partial charge in [-0.05, 0) is 53.1 Å². The molecule has 4 nitrogen and oxygen atoms in total. The van der Waals surface area contributed by atoms with Crippen LogP contribution < -0.4 is 5.73 Å². The van der Waals surface area contributed by atoms with Crippen molar-refractivity contribution in [2.45, 2.75) is 58.5 Å². The summed E-state index contributed by atoms with van der Waals surface area (Å²) < 4.78 is 2.00. The maximum atomic E-state index is 5.99. The van der Waals surface area contributed by atoms with E-state index in [-0.39, 0.29) is 0 Å². The second-order valence-corrected chi connectivity index (χ2v) is 6.40. The van der Waals surface area contributed by atoms with E-state index in [1.807, 2.05) is 11.7 Å². The number of nitrogens with zero attached hydrogens (tertiary/aromatic N) is 3. The fraction of sp³-hybridized carbons (Fsp3) is 0.812. The van der Waals surface area contributed by atoms with Crippen molar-refractivity contribution in [1.82, 2.24) is 14.7 Å². The van der Waals surface area contributed by atoms with E-state index in [1.54, 1.807) is 0 Å². The molecule has 1 fully saturated rings. The number of nitrogens with two attached hydrogens (primary N) is 1. The van der Waals surface area contributed by atoms with Crippen LogP contribution in [0.1, 0.15) is 55.6 Å². The van der Waals surface area contributed by atoms with Gasteiger partial charge < -0.3 is 5.73 Å². The molecule has 0 saturated heterocycles. The number of rotatable bonds is 4. The minimum Gasteiger partial charge on any atom is -0.330 e. The van der Waals surface area contributed by atoms with E-state index < -0.39 is 0 Å². The van der Waals surface area contributed by atoms with E-state index >= 15 is 0 Å². The Hall–Kier alpha value is -0.870. The molecule has 1 heterocycles. The summed E-state index contributed by atoms with van der Waals surface area (Å²) in [5.74, 6) is 0.647. The van der Waals surface area contributed by atoms with Gasteiger partial charge >= 0.3 is 0 Å². The normalized spacial score (nSPS) is 25.1. The van der Waals surface area contributed by atoms with E-state index in [0.717, 1.165) is 12.2 Å². The van der Waals surface area contributed by atoms with Crippen molar-refractivity contribution < 1.29 is 0 Å². The summed E-state index contributed by atoms with van der Waals surface area (Å²) >= 11 is 0. The Bertz CT molecular complexity index is 452. The lowest BCUT2D eigenvalue weighted by atomic mass is 9.83. The van der Waals surface area contributed by atoms with E-state index in [1.165, 1.54) is 36.9 Å². The van der Waals surface area contributed by atoms with Crippen molar-refractivity contribution in [3.05, 3.63) is 17.0 Å². The molecule has 1 aliphatic carbocycles. The summed E-state index contributed by atoms with van der Waals surface area (Å²) in [6, 6.07) is 1.02. The standard InChI is InChI=1S/C16H30N4/c1-11-16(13(3)20(5)18-11)12(2)19(4)15-9-7-6-8-14(15)10-17/h12,14-15H,6-10,17H2,1-5H3. The second-order valence-electron chi connectivity index (χ2n) is 6.40. The molecule has 1 aromatic heterocycles. The van der Waals surface area contributed by atoms with Crippen LogP contribution in [0.25, 0.3) is 0 Å². The minimum absolute atomic E-state index is 0.404. The third kappa shape index (κ3) is 2.77. The Balaban J connectivity index is 2.21. The van der Waals surface area contributed by atoms with Crippen LogP contribution in [0.5, 0.6) is 0 Å². The Morgan fingerprint density at radius 1 is 1.35 bits per heavy atom. The maximum absolute atomic E-state index is 5.99. The summed E-state index contributed by atoms with van der Waals surface area (Å²) in [6.45, 7) is 7.40. The monoisotopic (exact) mass is 278 g/mol. The maximum Gasteiger partial charge on any atom is 0.0644 e. The molecule has 0 aliphatic heterocycles. The summed E-state index contributed by atoms with van der Waals surface area (Å²) in [5.41, 5.74) is 9.81. The minimum atomic E-state index is 0.404. The summed E-state index contributed by atoms with van der Waals surface area (Å²) in [6.07, 6.45) is 5.24. The van der Waals surface area contributed by atoms with Gasteiger partial charge in [-0.2, -0.15) is 5.10 Å². The van der Waals surface area contributed by atoms with Gasteiger partial charge in [-0.15, -0.1) is 0 Å². The lowest BCUT2D eigenvalue weighted by Crippen LogP contribution is -2.44. The molecule has 0 amide bonds. The Morgan fingerprint density at radius 2 is 2.00 bits per heavy atom. The zero-order valence-corrected chi connectivity index (χ0v) is 13.7. The molecule has 1 aliphatic rings. The zero-order chi connectivity index (χ0) is 14.9. The number of aromatic nitrogens is 2. The highest BCUT2D eigenvalue weighted by Crippen LogP contribution is 2.33. The van der Waals surface area contributed by atoms with Crippen molar-refractivity contribution in [3.63, 3.8) is 0 Å². The van der Waals surface area contributed by atoms with Gasteiger partial charge in [0, 0.05) is 30.4 Å². The molecule has 4 heteroatoms. The highest BCUT2D eigenvalue weighted by atomic mass is 15.3. The van der Waals surface area contributed by atoms with Crippen LogP contribution in [0.2, 0.25) is 0 Å². The molecule has 114 valence electrons. The molecular formula is C16H30N4. The van der Waals surface area contributed by atoms with Gasteiger partial charge in [0.05, 0.1) is 5.69 Å². The number of aryl methyl sites for hydroxylation is 2. The van der Waals surface area contributed by atoms with Crippen LogP contribution in [0.3, 0.4) is 0 Å². The molecule has 3 atom stereocenters. The molecular weight excluding hydrogens is 248 g/mol. The molecule has 0 aromatic carbocycles. The average Bonchev–Trinajstić information content (AvgIpc) is 2.70. The fourth-order valence-corrected chi connectivity index (χ4v) is 3.88. The molecule has 2 rings (SSSR count). The predicted octanol–water partition coefficient (Wildman–Crippen LogP) is 2.55. The van der Waals surface area contributed by atoms with Gasteiger partial charge in [-0.3, -0.25) is 9.58 Å². The SMILES string of the molecule is Cc1nn(C)c(C)c1C(C)N(C)C1CCCCC1CN. The van der Waals surface area contributed by atoms with E-state index in [0.29, 0.717) is 18.0 Å². The average molecular weight is 278 g/mol. The van der Waals surface area contributed by atoms with Crippen molar-refractivity contribution in [1.29, 1.82) is 0 Å². The first kappa shape index (κ1) is 15.5. The van der Waals surface area contributed by atoms with Crippen LogP contribution in [0.15, 0.2) is 0 Å². The first-order chi connectivity index (χ1) is 9.47. The number of hydrogen-bond acceptors (Lipinski definition) is 3. The summed E-state index contributed by atoms with van der Waals surface area (Å²) in [7, 11) is 4.29. The van der Waals surface area contributed by atoms with Crippen LogP contribution in [-0.2, 0) is 7.05 Å². The van der Waals surface area contributed by atoms with E-state index in [2.05, 4.69) is 37.8 Å². The van der Waals surface area contributed by atoms with Gasteiger partial charge in [-0.1, -0.05) is 12.8 Å². The smallest absolute Gasteiger partial charge is 0.0644 e. The molecule has 2 N–H and O–H groups in total. The Morgan fingerprint density at radius 3 is 2.55 bits per heavy atom. The van der Waals surface area contributed by atoms with Crippen LogP contribution in [-0.4, -0.2) is 34.3 Å². The predicted molar refractivity (Wildman–Crippen MR) is 83.7 cm³/mol. The van der Waals surface area contributed by atoms with Crippen molar-refractivity contribution in [2.24, 2.45) is 18.7 Å². The van der Waals surface area contributed by atoms with Crippen molar-refractivity contribution in [3.8, 4) is 0 Å². The first-order valence-electron chi connectivity index (χ1n) is 7.89. The molecule has 3 unspecified atom stereocenters. The quantitative estimate of drug-likeness (QED) is 0.920. The summed E-state index contributed by atoms with van der Waals surface area (Å²) in [4.78, 5) is 2.54. The van der Waals surface area contributed by atoms with Crippen LogP contribution >= 0.6 is 0 Å². The molecule has 1 saturated carbocycles. The van der Waals surface area contributed by atoms with Crippen molar-refractivity contribution >= 4 is 0 Å². The fourth-order valence-electron chi connectivity index (χ4n) is 3.88. The van der Waals surface area contributed by atoms with Gasteiger partial charge in [-0.25, -0.2) is 0 Å². The van der Waals surface area contributed by atoms with Gasteiger partial charge in [0.25, 0.3) is 0 Å². The molecule has 0 bridgehead atoms. The van der Waals surface area contributed by atoms with E-state index in [4.69, 9.17) is 5.73 Å². The Kier molecular flexibility index (Phi) is 4.86. The van der Waals surface area contributed by atoms with Crippen LogP contribution in [0.4, 0.5) is 0 Å². The third-order valence-corrected chi connectivity index (χ3v) is 5.29. The zero-order valence-electron chi connectivity index (χ0n) is 13.7. The second kappa shape index (κ2) is 6.27. The third-order valence-electron chi connectivity index (χ3n) is 5.29. The lowest BCUT2D eigenvalue weighted by molar-refractivity contribution is 0.0984. The van der Waals surface area contributed by atoms with E-state index in [9.17, 15) is 0 Å². The number of hydrogen-bond donors (Lipinski definition) is 1. The largest absolute Gasteiger partial charge is 0.330 e. The van der Waals surface area contributed by atoms with Crippen LogP contribution in [0, 0.1) is 19.8 Å². The molecule has 0 spiro atoms. The van der Waals surface area contributed by atoms with Gasteiger partial charge in [0.15, 0.2) is 0 Å². The Labute approximate surface area is 123 Å². The van der Waals surface area contributed by atoms with Gasteiger partial charge in [0.1, 0.15) is 0 Å². The molecule has 0 radical (unpaired) electrons.